The van der Waals surface area contributed by atoms with Gasteiger partial charge < -0.3 is 0 Å². The molecule has 32 heavy (non-hydrogen) atoms. The van der Waals surface area contributed by atoms with Crippen molar-refractivity contribution in [1.29, 1.82) is 0 Å². The maximum Gasteiger partial charge on any atom is 0.412 e. The van der Waals surface area contributed by atoms with E-state index in [9.17, 15) is 26.3 Å². The molecule has 166 valence electrons. The maximum absolute atomic E-state index is 14.6. The summed E-state index contributed by atoms with van der Waals surface area (Å²) in [5, 5.41) is 0. The molecule has 0 aromatic heterocycles. The molecule has 3 rings (SSSR count). The van der Waals surface area contributed by atoms with Gasteiger partial charge in [-0.1, -0.05) is 86.1 Å². The molecule has 0 radical (unpaired) electrons. The minimum atomic E-state index is -4.82. The second-order valence-corrected chi connectivity index (χ2v) is 7.26. The maximum atomic E-state index is 14.6. The Kier molecular flexibility index (Phi) is 7.23. The Bertz CT molecular complexity index is 1100. The van der Waals surface area contributed by atoms with Crippen molar-refractivity contribution < 1.29 is 26.3 Å². The minimum Gasteiger partial charge on any atom is -0.206 e. The molecule has 6 heteroatoms. The van der Waals surface area contributed by atoms with E-state index in [1.54, 1.807) is 12.1 Å². The monoisotopic (exact) mass is 446 g/mol. The zero-order chi connectivity index (χ0) is 23.3. The number of benzene rings is 3. The zero-order valence-electron chi connectivity index (χ0n) is 17.2. The van der Waals surface area contributed by atoms with Gasteiger partial charge in [0.2, 0.25) is 0 Å². The molecule has 0 atom stereocenters. The first-order chi connectivity index (χ1) is 15.2. The highest BCUT2D eigenvalue weighted by molar-refractivity contribution is 5.84. The quantitative estimate of drug-likeness (QED) is 0.262. The summed E-state index contributed by atoms with van der Waals surface area (Å²) < 4.78 is 79.5. The second-order valence-electron chi connectivity index (χ2n) is 7.26. The Morgan fingerprint density at radius 3 is 1.50 bits per heavy atom. The van der Waals surface area contributed by atoms with Gasteiger partial charge in [-0.2, -0.15) is 13.2 Å². The smallest absolute Gasteiger partial charge is 0.206 e. The third-order valence-corrected chi connectivity index (χ3v) is 4.86. The minimum absolute atomic E-state index is 0.0149. The van der Waals surface area contributed by atoms with Crippen molar-refractivity contribution in [2.24, 2.45) is 0 Å². The fraction of sp³-hybridized carbons (Fsp3) is 0.154. The largest absolute Gasteiger partial charge is 0.412 e. The van der Waals surface area contributed by atoms with E-state index in [-0.39, 0.29) is 16.7 Å². The summed E-state index contributed by atoms with van der Waals surface area (Å²) in [7, 11) is 0. The molecule has 0 N–H and O–H groups in total. The van der Waals surface area contributed by atoms with E-state index >= 15 is 0 Å². The Morgan fingerprint density at radius 1 is 0.656 bits per heavy atom. The van der Waals surface area contributed by atoms with Crippen molar-refractivity contribution in [3.05, 3.63) is 101 Å². The van der Waals surface area contributed by atoms with Crippen molar-refractivity contribution >= 4 is 17.5 Å². The lowest BCUT2D eigenvalue weighted by Crippen LogP contribution is -2.01. The van der Waals surface area contributed by atoms with E-state index in [1.807, 2.05) is 24.3 Å². The van der Waals surface area contributed by atoms with Crippen LogP contribution in [0.2, 0.25) is 0 Å². The van der Waals surface area contributed by atoms with Crippen molar-refractivity contribution in [1.82, 2.24) is 0 Å². The lowest BCUT2D eigenvalue weighted by Gasteiger charge is -2.07. The summed E-state index contributed by atoms with van der Waals surface area (Å²) in [5.41, 5.74) is 2.45. The summed E-state index contributed by atoms with van der Waals surface area (Å²) in [5.74, 6) is -3.81. The fourth-order valence-corrected chi connectivity index (χ4v) is 3.22. The fourth-order valence-electron chi connectivity index (χ4n) is 3.22. The van der Waals surface area contributed by atoms with Crippen LogP contribution < -0.4 is 0 Å². The second kappa shape index (κ2) is 9.90. The van der Waals surface area contributed by atoms with Crippen molar-refractivity contribution in [3.8, 4) is 11.1 Å². The summed E-state index contributed by atoms with van der Waals surface area (Å²) in [4.78, 5) is 0. The number of alkyl halides is 3. The van der Waals surface area contributed by atoms with E-state index in [0.717, 1.165) is 48.2 Å². The standard InChI is InChI=1S/C26H20F6/c1-2-3-17-4-6-18(7-5-17)19-8-12-21(13-9-19)24(28)25(29)22-14-10-20(11-15-22)23(27)16-26(30,31)32/h4-16H,2-3H2,1H3. The Morgan fingerprint density at radius 2 is 1.06 bits per heavy atom. The molecule has 0 heterocycles. The van der Waals surface area contributed by atoms with E-state index in [4.69, 9.17) is 0 Å². The van der Waals surface area contributed by atoms with Gasteiger partial charge in [0, 0.05) is 16.7 Å². The molecular formula is C26H20F6. The molecule has 0 saturated carbocycles. The molecule has 0 bridgehead atoms. The third-order valence-electron chi connectivity index (χ3n) is 4.86. The number of hydrogen-bond donors (Lipinski definition) is 0. The van der Waals surface area contributed by atoms with E-state index < -0.39 is 29.7 Å². The Balaban J connectivity index is 1.80. The summed E-state index contributed by atoms with van der Waals surface area (Å²) >= 11 is 0. The number of allylic oxidation sites excluding steroid dienone is 1. The molecule has 0 aliphatic rings. The van der Waals surface area contributed by atoms with Crippen molar-refractivity contribution in [2.45, 2.75) is 25.9 Å². The van der Waals surface area contributed by atoms with Gasteiger partial charge in [0.25, 0.3) is 0 Å². The van der Waals surface area contributed by atoms with Crippen LogP contribution in [0.5, 0.6) is 0 Å². The molecule has 0 unspecified atom stereocenters. The van der Waals surface area contributed by atoms with Crippen LogP contribution in [0.4, 0.5) is 26.3 Å². The molecule has 0 aliphatic carbocycles. The van der Waals surface area contributed by atoms with Crippen molar-refractivity contribution in [3.63, 3.8) is 0 Å². The average Bonchev–Trinajstić information content (AvgIpc) is 2.78. The van der Waals surface area contributed by atoms with Crippen LogP contribution in [0.3, 0.4) is 0 Å². The topological polar surface area (TPSA) is 0 Å². The molecule has 0 fully saturated rings. The first-order valence-electron chi connectivity index (χ1n) is 9.99. The van der Waals surface area contributed by atoms with Crippen molar-refractivity contribution in [2.75, 3.05) is 0 Å². The predicted octanol–water partition coefficient (Wildman–Crippen LogP) is 8.94. The zero-order valence-corrected chi connectivity index (χ0v) is 17.2. The van der Waals surface area contributed by atoms with E-state index in [0.29, 0.717) is 0 Å². The van der Waals surface area contributed by atoms with E-state index in [2.05, 4.69) is 6.92 Å². The SMILES string of the molecule is CCCc1ccc(-c2ccc(C(F)=C(F)c3ccc(C(F)=CC(F)(F)F)cc3)cc2)cc1. The molecule has 0 aliphatic heterocycles. The van der Waals surface area contributed by atoms with Crippen LogP contribution in [0.15, 0.2) is 78.9 Å². The molecule has 0 saturated heterocycles. The predicted molar refractivity (Wildman–Crippen MR) is 116 cm³/mol. The van der Waals surface area contributed by atoms with Gasteiger partial charge in [-0.05, 0) is 23.1 Å². The highest BCUT2D eigenvalue weighted by Gasteiger charge is 2.25. The summed E-state index contributed by atoms with van der Waals surface area (Å²) in [6.45, 7) is 2.10. The number of halogens is 6. The Hall–Kier alpha value is -3.28. The van der Waals surface area contributed by atoms with Gasteiger partial charge in [-0.25, -0.2) is 13.2 Å². The van der Waals surface area contributed by atoms with Crippen LogP contribution in [-0.2, 0) is 6.42 Å². The molecular weight excluding hydrogens is 426 g/mol. The number of hydrogen-bond acceptors (Lipinski definition) is 0. The average molecular weight is 446 g/mol. The van der Waals surface area contributed by atoms with Gasteiger partial charge in [-0.15, -0.1) is 0 Å². The number of rotatable bonds is 6. The first-order valence-corrected chi connectivity index (χ1v) is 9.99. The molecule has 3 aromatic carbocycles. The first kappa shape index (κ1) is 23.4. The molecule has 0 nitrogen and oxygen atoms in total. The highest BCUT2D eigenvalue weighted by Crippen LogP contribution is 2.32. The highest BCUT2D eigenvalue weighted by atomic mass is 19.4. The molecule has 0 amide bonds. The molecule has 3 aromatic rings. The van der Waals surface area contributed by atoms with Gasteiger partial charge >= 0.3 is 6.18 Å². The van der Waals surface area contributed by atoms with Gasteiger partial charge in [0.15, 0.2) is 11.7 Å². The summed E-state index contributed by atoms with van der Waals surface area (Å²) in [6, 6.07) is 18.2. The van der Waals surface area contributed by atoms with Crippen LogP contribution in [0.1, 0.15) is 35.6 Å². The lowest BCUT2D eigenvalue weighted by atomic mass is 10.0. The van der Waals surface area contributed by atoms with Crippen LogP contribution >= 0.6 is 0 Å². The third kappa shape index (κ3) is 5.90. The lowest BCUT2D eigenvalue weighted by molar-refractivity contribution is -0.0798. The van der Waals surface area contributed by atoms with Gasteiger partial charge in [0.05, 0.1) is 6.08 Å². The van der Waals surface area contributed by atoms with Gasteiger partial charge in [-0.3, -0.25) is 0 Å². The number of aryl methyl sites for hydroxylation is 1. The van der Waals surface area contributed by atoms with E-state index in [1.165, 1.54) is 17.7 Å². The van der Waals surface area contributed by atoms with Gasteiger partial charge in [0.1, 0.15) is 5.83 Å². The van der Waals surface area contributed by atoms with Crippen LogP contribution in [0, 0.1) is 0 Å². The van der Waals surface area contributed by atoms with Crippen LogP contribution in [0.25, 0.3) is 28.6 Å². The molecule has 0 spiro atoms. The Labute approximate surface area is 182 Å². The normalized spacial score (nSPS) is 13.2. The summed E-state index contributed by atoms with van der Waals surface area (Å²) in [6.07, 6.45) is -3.27. The van der Waals surface area contributed by atoms with Crippen LogP contribution in [-0.4, -0.2) is 6.18 Å².